The molecule has 2 rings (SSSR count). The van der Waals surface area contributed by atoms with E-state index in [1.165, 1.54) is 11.1 Å². The van der Waals surface area contributed by atoms with Crippen molar-refractivity contribution in [1.82, 2.24) is 0 Å². The van der Waals surface area contributed by atoms with Crippen molar-refractivity contribution < 1.29 is 4.39 Å². The molecule has 0 aromatic heterocycles. The maximum absolute atomic E-state index is 13.7. The fraction of sp³-hybridized carbons (Fsp3) is 0.294. The summed E-state index contributed by atoms with van der Waals surface area (Å²) < 4.78 is 14.7. The van der Waals surface area contributed by atoms with Crippen molar-refractivity contribution in [3.8, 4) is 0 Å². The SMILES string of the molecule is Cc1ccc(C(C)Nc2c(C)cc(Br)cc2C)cc1F. The van der Waals surface area contributed by atoms with Crippen molar-refractivity contribution in [2.24, 2.45) is 0 Å². The summed E-state index contributed by atoms with van der Waals surface area (Å²) in [6, 6.07) is 9.62. The first-order valence-electron chi connectivity index (χ1n) is 6.68. The smallest absolute Gasteiger partial charge is 0.126 e. The molecule has 1 nitrogen and oxygen atoms in total. The maximum atomic E-state index is 13.7. The monoisotopic (exact) mass is 335 g/mol. The Hall–Kier alpha value is -1.35. The van der Waals surface area contributed by atoms with E-state index in [9.17, 15) is 4.39 Å². The average Bonchev–Trinajstić information content (AvgIpc) is 2.36. The standard InChI is InChI=1S/C17H19BrFN/c1-10-5-6-14(9-16(10)19)13(4)20-17-11(2)7-15(18)8-12(17)3/h5-9,13,20H,1-4H3. The molecule has 0 saturated carbocycles. The molecule has 0 aliphatic rings. The Bertz CT molecular complexity index is 614. The van der Waals surface area contributed by atoms with Crippen LogP contribution in [0.15, 0.2) is 34.8 Å². The summed E-state index contributed by atoms with van der Waals surface area (Å²) >= 11 is 3.50. The van der Waals surface area contributed by atoms with Crippen LogP contribution in [0.2, 0.25) is 0 Å². The Morgan fingerprint density at radius 1 is 1.00 bits per heavy atom. The molecule has 1 atom stereocenters. The number of aryl methyl sites for hydroxylation is 3. The van der Waals surface area contributed by atoms with Crippen LogP contribution < -0.4 is 5.32 Å². The lowest BCUT2D eigenvalue weighted by Crippen LogP contribution is -2.09. The lowest BCUT2D eigenvalue weighted by molar-refractivity contribution is 0.614. The van der Waals surface area contributed by atoms with Crippen LogP contribution in [-0.4, -0.2) is 0 Å². The van der Waals surface area contributed by atoms with Crippen LogP contribution in [0.25, 0.3) is 0 Å². The fourth-order valence-electron chi connectivity index (χ4n) is 2.32. The van der Waals surface area contributed by atoms with Crippen LogP contribution in [0.4, 0.5) is 10.1 Å². The van der Waals surface area contributed by atoms with E-state index in [1.54, 1.807) is 13.0 Å². The molecule has 0 heterocycles. The third kappa shape index (κ3) is 3.21. The number of benzene rings is 2. The van der Waals surface area contributed by atoms with E-state index in [0.29, 0.717) is 5.56 Å². The number of rotatable bonds is 3. The minimum Gasteiger partial charge on any atom is -0.378 e. The average molecular weight is 336 g/mol. The second-order valence-electron chi connectivity index (χ2n) is 5.29. The van der Waals surface area contributed by atoms with E-state index < -0.39 is 0 Å². The first kappa shape index (κ1) is 15.0. The van der Waals surface area contributed by atoms with Crippen molar-refractivity contribution in [3.63, 3.8) is 0 Å². The molecule has 2 aromatic rings. The Kier molecular flexibility index (Phi) is 4.48. The van der Waals surface area contributed by atoms with E-state index in [0.717, 1.165) is 15.7 Å². The fourth-order valence-corrected chi connectivity index (χ4v) is 3.00. The zero-order chi connectivity index (χ0) is 14.9. The summed E-state index contributed by atoms with van der Waals surface area (Å²) in [5, 5.41) is 3.48. The maximum Gasteiger partial charge on any atom is 0.126 e. The van der Waals surface area contributed by atoms with E-state index in [1.807, 2.05) is 19.1 Å². The van der Waals surface area contributed by atoms with E-state index in [2.05, 4.69) is 47.2 Å². The third-order valence-corrected chi connectivity index (χ3v) is 4.01. The van der Waals surface area contributed by atoms with Gasteiger partial charge in [0, 0.05) is 16.2 Å². The van der Waals surface area contributed by atoms with E-state index in [4.69, 9.17) is 0 Å². The first-order valence-corrected chi connectivity index (χ1v) is 7.47. The van der Waals surface area contributed by atoms with Crippen LogP contribution in [-0.2, 0) is 0 Å². The summed E-state index contributed by atoms with van der Waals surface area (Å²) in [5.41, 5.74) is 5.10. The number of nitrogens with one attached hydrogen (secondary N) is 1. The number of hydrogen-bond acceptors (Lipinski definition) is 1. The second-order valence-corrected chi connectivity index (χ2v) is 6.20. The molecule has 1 unspecified atom stereocenters. The van der Waals surface area contributed by atoms with Gasteiger partial charge in [-0.15, -0.1) is 0 Å². The van der Waals surface area contributed by atoms with E-state index in [-0.39, 0.29) is 11.9 Å². The van der Waals surface area contributed by atoms with Gasteiger partial charge in [0.1, 0.15) is 5.82 Å². The molecule has 3 heteroatoms. The highest BCUT2D eigenvalue weighted by Gasteiger charge is 2.11. The van der Waals surface area contributed by atoms with Gasteiger partial charge in [-0.2, -0.15) is 0 Å². The minimum absolute atomic E-state index is 0.0590. The predicted molar refractivity (Wildman–Crippen MR) is 86.8 cm³/mol. The zero-order valence-electron chi connectivity index (χ0n) is 12.2. The summed E-state index contributed by atoms with van der Waals surface area (Å²) in [5.74, 6) is -0.152. The third-order valence-electron chi connectivity index (χ3n) is 3.55. The Morgan fingerprint density at radius 2 is 1.60 bits per heavy atom. The van der Waals surface area contributed by atoms with Crippen LogP contribution in [0.5, 0.6) is 0 Å². The zero-order valence-corrected chi connectivity index (χ0v) is 13.8. The molecule has 0 spiro atoms. The number of hydrogen-bond donors (Lipinski definition) is 1. The van der Waals surface area contributed by atoms with Gasteiger partial charge in [-0.3, -0.25) is 0 Å². The Balaban J connectivity index is 2.27. The molecule has 0 radical (unpaired) electrons. The second kappa shape index (κ2) is 5.96. The van der Waals surface area contributed by atoms with Crippen LogP contribution >= 0.6 is 15.9 Å². The molecular weight excluding hydrogens is 317 g/mol. The van der Waals surface area contributed by atoms with Crippen LogP contribution in [0.3, 0.4) is 0 Å². The van der Waals surface area contributed by atoms with Gasteiger partial charge in [-0.1, -0.05) is 28.1 Å². The molecule has 0 aliphatic carbocycles. The molecule has 0 aliphatic heterocycles. The normalized spacial score (nSPS) is 12.3. The van der Waals surface area contributed by atoms with Gasteiger partial charge in [-0.25, -0.2) is 4.39 Å². The first-order chi connectivity index (χ1) is 9.38. The molecule has 106 valence electrons. The molecule has 0 amide bonds. The van der Waals surface area contributed by atoms with Crippen LogP contribution in [0, 0.1) is 26.6 Å². The van der Waals surface area contributed by atoms with Gasteiger partial charge < -0.3 is 5.32 Å². The highest BCUT2D eigenvalue weighted by molar-refractivity contribution is 9.10. The van der Waals surface area contributed by atoms with Crippen molar-refractivity contribution in [3.05, 3.63) is 62.9 Å². The minimum atomic E-state index is -0.152. The summed E-state index contributed by atoms with van der Waals surface area (Å²) in [6.45, 7) is 7.97. The predicted octanol–water partition coefficient (Wildman–Crippen LogP) is 5.69. The quantitative estimate of drug-likeness (QED) is 0.760. The molecule has 0 fully saturated rings. The highest BCUT2D eigenvalue weighted by Crippen LogP contribution is 2.29. The lowest BCUT2D eigenvalue weighted by Gasteiger charge is -2.20. The Labute approximate surface area is 128 Å². The summed E-state index contributed by atoms with van der Waals surface area (Å²) in [4.78, 5) is 0. The Morgan fingerprint density at radius 3 is 2.15 bits per heavy atom. The molecule has 0 saturated heterocycles. The topological polar surface area (TPSA) is 12.0 Å². The molecular formula is C17H19BrFN. The molecule has 20 heavy (non-hydrogen) atoms. The van der Waals surface area contributed by atoms with Gasteiger partial charge in [-0.05, 0) is 68.1 Å². The summed E-state index contributed by atoms with van der Waals surface area (Å²) in [7, 11) is 0. The number of halogens is 2. The van der Waals surface area contributed by atoms with Gasteiger partial charge in [0.25, 0.3) is 0 Å². The largest absolute Gasteiger partial charge is 0.378 e. The molecule has 1 N–H and O–H groups in total. The van der Waals surface area contributed by atoms with E-state index >= 15 is 0 Å². The van der Waals surface area contributed by atoms with Gasteiger partial charge in [0.05, 0.1) is 0 Å². The van der Waals surface area contributed by atoms with Gasteiger partial charge >= 0.3 is 0 Å². The van der Waals surface area contributed by atoms with Crippen molar-refractivity contribution in [2.75, 3.05) is 5.32 Å². The van der Waals surface area contributed by atoms with Gasteiger partial charge in [0.15, 0.2) is 0 Å². The lowest BCUT2D eigenvalue weighted by atomic mass is 10.0. The van der Waals surface area contributed by atoms with Crippen LogP contribution in [0.1, 0.15) is 35.2 Å². The highest BCUT2D eigenvalue weighted by atomic mass is 79.9. The van der Waals surface area contributed by atoms with Crippen molar-refractivity contribution >= 4 is 21.6 Å². The summed E-state index contributed by atoms with van der Waals surface area (Å²) in [6.07, 6.45) is 0. The number of anilines is 1. The van der Waals surface area contributed by atoms with Gasteiger partial charge in [0.2, 0.25) is 0 Å². The molecule has 2 aromatic carbocycles. The van der Waals surface area contributed by atoms with Crippen molar-refractivity contribution in [1.29, 1.82) is 0 Å². The molecule has 0 bridgehead atoms. The van der Waals surface area contributed by atoms with Crippen molar-refractivity contribution in [2.45, 2.75) is 33.7 Å².